The number of para-hydroxylation sites is 2. The molecule has 0 unspecified atom stereocenters. The molecule has 0 fully saturated rings. The zero-order valence-electron chi connectivity index (χ0n) is 30.8. The van der Waals surface area contributed by atoms with E-state index in [4.69, 9.17) is 13.9 Å². The second kappa shape index (κ2) is 17.4. The number of nitrogens with zero attached hydrogens (tertiary/aromatic N) is 3. The molecule has 2 heterocycles. The summed E-state index contributed by atoms with van der Waals surface area (Å²) in [5.41, 5.74) is 6.28. The number of carbonyl (C=O) groups excluding carboxylic acids is 1. The monoisotopic (exact) mass is 749 g/mol. The fourth-order valence-corrected chi connectivity index (χ4v) is 8.49. The molecule has 0 spiro atoms. The molecular weight excluding hydrogens is 703 g/mol. The standard InChI is InChI=1S/C43H47N3O5S2/c1-5-9-33(10-6-2)34-19-21-36(22-20-34)50-30-32-15-17-35(18-16-32)41-26-23-37(52-41)27-46(28-42-44-39-11-7-8-12-40(39)45(42)4)29-43(47)51-53(48,49)38-24-13-31(3)14-25-38/h7-8,11-26,33H,5-6,9-10,27-30H2,1-4H3. The third-order valence-corrected chi connectivity index (χ3v) is 11.8. The summed E-state index contributed by atoms with van der Waals surface area (Å²) in [4.78, 5) is 21.9. The smallest absolute Gasteiger partial charge is 0.341 e. The van der Waals surface area contributed by atoms with Crippen LogP contribution in [0.5, 0.6) is 5.75 Å². The summed E-state index contributed by atoms with van der Waals surface area (Å²) in [6.07, 6.45) is 4.80. The van der Waals surface area contributed by atoms with Gasteiger partial charge < -0.3 is 13.5 Å². The van der Waals surface area contributed by atoms with Crippen molar-refractivity contribution >= 4 is 38.5 Å². The highest BCUT2D eigenvalue weighted by Crippen LogP contribution is 2.31. The highest BCUT2D eigenvalue weighted by atomic mass is 32.2. The third-order valence-electron chi connectivity index (χ3n) is 9.42. The number of hydrogen-bond donors (Lipinski definition) is 0. The van der Waals surface area contributed by atoms with Crippen LogP contribution in [0.3, 0.4) is 0 Å². The summed E-state index contributed by atoms with van der Waals surface area (Å²) < 4.78 is 39.0. The molecule has 8 nitrogen and oxygen atoms in total. The van der Waals surface area contributed by atoms with Gasteiger partial charge in [0, 0.05) is 23.3 Å². The van der Waals surface area contributed by atoms with Gasteiger partial charge in [-0.1, -0.05) is 92.9 Å². The summed E-state index contributed by atoms with van der Waals surface area (Å²) in [7, 11) is -2.33. The number of carbonyl (C=O) groups is 1. The van der Waals surface area contributed by atoms with E-state index in [2.05, 4.69) is 68.4 Å². The lowest BCUT2D eigenvalue weighted by molar-refractivity contribution is -0.135. The number of aryl methyl sites for hydroxylation is 2. The fourth-order valence-electron chi connectivity index (χ4n) is 6.57. The summed E-state index contributed by atoms with van der Waals surface area (Å²) in [6.45, 7) is 7.31. The maximum Gasteiger partial charge on any atom is 0.341 e. The van der Waals surface area contributed by atoms with E-state index in [-0.39, 0.29) is 11.4 Å². The Balaban J connectivity index is 1.12. The molecular formula is C43H47N3O5S2. The summed E-state index contributed by atoms with van der Waals surface area (Å²) in [5.74, 6) is 1.38. The van der Waals surface area contributed by atoms with Crippen LogP contribution in [0.15, 0.2) is 114 Å². The quantitative estimate of drug-likeness (QED) is 0.0858. The van der Waals surface area contributed by atoms with E-state index < -0.39 is 16.1 Å². The lowest BCUT2D eigenvalue weighted by Crippen LogP contribution is -2.32. The van der Waals surface area contributed by atoms with Crippen LogP contribution in [0.4, 0.5) is 0 Å². The topological polar surface area (TPSA) is 90.7 Å². The SMILES string of the molecule is CCCC(CCC)c1ccc(OCc2ccc(-c3ccc(CN(CC(=O)OS(=O)(=O)c4ccc(C)cc4)Cc4nc5ccccc5n4C)s3)cc2)cc1. The minimum atomic E-state index is -4.26. The fraction of sp³-hybridized carbons (Fsp3) is 0.302. The Labute approximate surface area is 317 Å². The van der Waals surface area contributed by atoms with Crippen molar-refractivity contribution < 1.29 is 22.1 Å². The van der Waals surface area contributed by atoms with Crippen molar-refractivity contribution in [2.75, 3.05) is 6.54 Å². The molecule has 10 heteroatoms. The number of rotatable bonds is 17. The van der Waals surface area contributed by atoms with Gasteiger partial charge in [0.15, 0.2) is 0 Å². The van der Waals surface area contributed by atoms with E-state index in [9.17, 15) is 13.2 Å². The number of thiophene rings is 1. The first-order valence-electron chi connectivity index (χ1n) is 18.2. The van der Waals surface area contributed by atoms with Crippen LogP contribution in [0.1, 0.15) is 72.8 Å². The molecule has 0 saturated carbocycles. The van der Waals surface area contributed by atoms with E-state index in [1.165, 1.54) is 43.4 Å². The summed E-state index contributed by atoms with van der Waals surface area (Å²) >= 11 is 1.63. The van der Waals surface area contributed by atoms with Gasteiger partial charge in [-0.15, -0.1) is 11.3 Å². The number of benzene rings is 4. The zero-order chi connectivity index (χ0) is 37.4. The molecule has 2 aromatic heterocycles. The predicted molar refractivity (Wildman–Crippen MR) is 212 cm³/mol. The van der Waals surface area contributed by atoms with Crippen molar-refractivity contribution in [2.45, 2.75) is 77.0 Å². The van der Waals surface area contributed by atoms with Gasteiger partial charge in [-0.2, -0.15) is 8.42 Å². The van der Waals surface area contributed by atoms with Crippen LogP contribution >= 0.6 is 11.3 Å². The van der Waals surface area contributed by atoms with E-state index in [0.29, 0.717) is 25.6 Å². The van der Waals surface area contributed by atoms with E-state index in [0.717, 1.165) is 49.1 Å². The lowest BCUT2D eigenvalue weighted by Gasteiger charge is -2.20. The van der Waals surface area contributed by atoms with Gasteiger partial charge in [0.25, 0.3) is 0 Å². The molecule has 4 aromatic carbocycles. The molecule has 276 valence electrons. The van der Waals surface area contributed by atoms with Crippen LogP contribution < -0.4 is 4.74 Å². The van der Waals surface area contributed by atoms with Crippen molar-refractivity contribution in [3.63, 3.8) is 0 Å². The minimum absolute atomic E-state index is 0.0595. The van der Waals surface area contributed by atoms with Gasteiger partial charge in [-0.25, -0.2) is 9.78 Å². The summed E-state index contributed by atoms with van der Waals surface area (Å²) in [5, 5.41) is 0. The van der Waals surface area contributed by atoms with Gasteiger partial charge >= 0.3 is 16.1 Å². The van der Waals surface area contributed by atoms with Crippen molar-refractivity contribution in [3.05, 3.63) is 137 Å². The molecule has 0 radical (unpaired) electrons. The number of ether oxygens (including phenoxy) is 1. The van der Waals surface area contributed by atoms with E-state index >= 15 is 0 Å². The molecule has 0 aliphatic carbocycles. The Morgan fingerprint density at radius 1 is 0.849 bits per heavy atom. The van der Waals surface area contributed by atoms with Crippen molar-refractivity contribution in [3.8, 4) is 16.2 Å². The van der Waals surface area contributed by atoms with Crippen molar-refractivity contribution in [1.29, 1.82) is 0 Å². The average Bonchev–Trinajstić information content (AvgIpc) is 3.74. The molecule has 6 rings (SSSR count). The molecule has 0 atom stereocenters. The maximum atomic E-state index is 13.2. The molecule has 0 aliphatic heterocycles. The van der Waals surface area contributed by atoms with E-state index in [1.54, 1.807) is 23.5 Å². The first-order valence-corrected chi connectivity index (χ1v) is 20.4. The highest BCUT2D eigenvalue weighted by Gasteiger charge is 2.24. The van der Waals surface area contributed by atoms with Crippen LogP contribution in [-0.2, 0) is 45.8 Å². The molecule has 0 N–H and O–H groups in total. The van der Waals surface area contributed by atoms with Crippen molar-refractivity contribution in [1.82, 2.24) is 14.5 Å². The number of hydrogen-bond acceptors (Lipinski definition) is 8. The molecule has 0 saturated heterocycles. The predicted octanol–water partition coefficient (Wildman–Crippen LogP) is 9.81. The largest absolute Gasteiger partial charge is 0.489 e. The number of fused-ring (bicyclic) bond motifs is 1. The number of imidazole rings is 1. The molecule has 53 heavy (non-hydrogen) atoms. The van der Waals surface area contributed by atoms with Gasteiger partial charge in [0.2, 0.25) is 0 Å². The second-order valence-electron chi connectivity index (χ2n) is 13.5. The van der Waals surface area contributed by atoms with Crippen LogP contribution in [0.25, 0.3) is 21.5 Å². The normalized spacial score (nSPS) is 11.8. The first-order chi connectivity index (χ1) is 25.6. The Hall–Kier alpha value is -4.77. The zero-order valence-corrected chi connectivity index (χ0v) is 32.5. The Kier molecular flexibility index (Phi) is 12.4. The molecule has 6 aromatic rings. The second-order valence-corrected chi connectivity index (χ2v) is 16.3. The first kappa shape index (κ1) is 38.0. The highest BCUT2D eigenvalue weighted by molar-refractivity contribution is 7.87. The molecule has 0 bridgehead atoms. The van der Waals surface area contributed by atoms with Crippen molar-refractivity contribution in [2.24, 2.45) is 7.05 Å². The van der Waals surface area contributed by atoms with Gasteiger partial charge in [0.05, 0.1) is 24.1 Å². The Morgan fingerprint density at radius 2 is 1.55 bits per heavy atom. The van der Waals surface area contributed by atoms with Gasteiger partial charge in [-0.05, 0) is 90.9 Å². The minimum Gasteiger partial charge on any atom is -0.489 e. The molecule has 0 aliphatic rings. The maximum absolute atomic E-state index is 13.2. The van der Waals surface area contributed by atoms with E-state index in [1.807, 2.05) is 53.8 Å². The lowest BCUT2D eigenvalue weighted by atomic mass is 9.90. The Morgan fingerprint density at radius 3 is 2.23 bits per heavy atom. The third kappa shape index (κ3) is 9.81. The average molecular weight is 750 g/mol. The molecule has 0 amide bonds. The van der Waals surface area contributed by atoms with Gasteiger partial charge in [-0.3, -0.25) is 4.90 Å². The number of aromatic nitrogens is 2. The van der Waals surface area contributed by atoms with Crippen LogP contribution in [-0.4, -0.2) is 35.4 Å². The van der Waals surface area contributed by atoms with Crippen LogP contribution in [0, 0.1) is 6.92 Å². The Bertz CT molecular complexity index is 2220. The van der Waals surface area contributed by atoms with Crippen LogP contribution in [0.2, 0.25) is 0 Å². The van der Waals surface area contributed by atoms with Gasteiger partial charge in [0.1, 0.15) is 23.1 Å². The summed E-state index contributed by atoms with van der Waals surface area (Å²) in [6, 6.07) is 35.1.